The van der Waals surface area contributed by atoms with Gasteiger partial charge in [-0.05, 0) is 37.1 Å². The Hall–Kier alpha value is -1.95. The Labute approximate surface area is 127 Å². The Bertz CT molecular complexity index is 577. The standard InChI is InChI=1S/C15H16FN3OS/c1-11(21-15-18-8-2-9-19-15)14(20)17-10-7-12-3-5-13(16)6-4-12/h2-6,8-9,11H,7,10H2,1H3,(H,17,20)/t11-/m0/s1. The van der Waals surface area contributed by atoms with Crippen LogP contribution in [-0.2, 0) is 11.2 Å². The quantitative estimate of drug-likeness (QED) is 0.658. The molecule has 2 aromatic rings. The molecule has 0 spiro atoms. The van der Waals surface area contributed by atoms with E-state index in [-0.39, 0.29) is 17.0 Å². The van der Waals surface area contributed by atoms with Crippen molar-refractivity contribution in [3.63, 3.8) is 0 Å². The maximum absolute atomic E-state index is 12.8. The van der Waals surface area contributed by atoms with Gasteiger partial charge in [-0.1, -0.05) is 23.9 Å². The summed E-state index contributed by atoms with van der Waals surface area (Å²) in [6.07, 6.45) is 3.97. The molecular weight excluding hydrogens is 289 g/mol. The van der Waals surface area contributed by atoms with Gasteiger partial charge in [0.05, 0.1) is 5.25 Å². The zero-order valence-corrected chi connectivity index (χ0v) is 12.4. The number of rotatable bonds is 6. The molecule has 1 aromatic carbocycles. The van der Waals surface area contributed by atoms with Crippen molar-refractivity contribution in [1.29, 1.82) is 0 Å². The van der Waals surface area contributed by atoms with Crippen LogP contribution in [0, 0.1) is 5.82 Å². The molecule has 0 unspecified atom stereocenters. The van der Waals surface area contributed by atoms with Crippen molar-refractivity contribution in [1.82, 2.24) is 15.3 Å². The fourth-order valence-corrected chi connectivity index (χ4v) is 2.43. The second kappa shape index (κ2) is 7.73. The molecule has 0 bridgehead atoms. The van der Waals surface area contributed by atoms with Gasteiger partial charge in [-0.15, -0.1) is 0 Å². The Balaban J connectivity index is 1.75. The van der Waals surface area contributed by atoms with Crippen molar-refractivity contribution in [2.75, 3.05) is 6.54 Å². The van der Waals surface area contributed by atoms with E-state index in [1.54, 1.807) is 30.6 Å². The number of thioether (sulfide) groups is 1. The SMILES string of the molecule is C[C@H](Sc1ncccn1)C(=O)NCCc1ccc(F)cc1. The lowest BCUT2D eigenvalue weighted by Gasteiger charge is -2.10. The van der Waals surface area contributed by atoms with Crippen LogP contribution < -0.4 is 5.32 Å². The fraction of sp³-hybridized carbons (Fsp3) is 0.267. The summed E-state index contributed by atoms with van der Waals surface area (Å²) in [4.78, 5) is 20.1. The summed E-state index contributed by atoms with van der Waals surface area (Å²) in [5.41, 5.74) is 0.989. The zero-order valence-electron chi connectivity index (χ0n) is 11.6. The molecule has 0 radical (unpaired) electrons. The van der Waals surface area contributed by atoms with E-state index in [1.165, 1.54) is 23.9 Å². The first-order valence-electron chi connectivity index (χ1n) is 6.61. The molecule has 1 N–H and O–H groups in total. The van der Waals surface area contributed by atoms with Crippen LogP contribution in [0.15, 0.2) is 47.9 Å². The lowest BCUT2D eigenvalue weighted by Crippen LogP contribution is -2.32. The Morgan fingerprint density at radius 1 is 1.29 bits per heavy atom. The zero-order chi connectivity index (χ0) is 15.1. The highest BCUT2D eigenvalue weighted by Gasteiger charge is 2.14. The number of carbonyl (C=O) groups excluding carboxylic acids is 1. The summed E-state index contributed by atoms with van der Waals surface area (Å²) in [7, 11) is 0. The second-order valence-corrected chi connectivity index (χ2v) is 5.77. The first-order chi connectivity index (χ1) is 10.1. The van der Waals surface area contributed by atoms with Crippen LogP contribution in [0.3, 0.4) is 0 Å². The smallest absolute Gasteiger partial charge is 0.233 e. The Morgan fingerprint density at radius 2 is 1.95 bits per heavy atom. The monoisotopic (exact) mass is 305 g/mol. The maximum atomic E-state index is 12.8. The molecular formula is C15H16FN3OS. The molecule has 6 heteroatoms. The molecule has 1 amide bonds. The topological polar surface area (TPSA) is 54.9 Å². The molecule has 0 fully saturated rings. The lowest BCUT2D eigenvalue weighted by molar-refractivity contribution is -0.120. The van der Waals surface area contributed by atoms with E-state index in [9.17, 15) is 9.18 Å². The van der Waals surface area contributed by atoms with Gasteiger partial charge in [-0.3, -0.25) is 4.79 Å². The van der Waals surface area contributed by atoms with Gasteiger partial charge in [-0.25, -0.2) is 14.4 Å². The number of halogens is 1. The number of amides is 1. The fourth-order valence-electron chi connectivity index (χ4n) is 1.68. The second-order valence-electron chi connectivity index (χ2n) is 4.46. The number of nitrogens with zero attached hydrogens (tertiary/aromatic N) is 2. The van der Waals surface area contributed by atoms with Crippen LogP contribution in [-0.4, -0.2) is 27.7 Å². The third-order valence-electron chi connectivity index (χ3n) is 2.82. The Morgan fingerprint density at radius 3 is 2.62 bits per heavy atom. The van der Waals surface area contributed by atoms with Gasteiger partial charge in [0.25, 0.3) is 0 Å². The van der Waals surface area contributed by atoms with E-state index in [1.807, 2.05) is 6.92 Å². The van der Waals surface area contributed by atoms with Crippen LogP contribution in [0.5, 0.6) is 0 Å². The number of aromatic nitrogens is 2. The minimum absolute atomic E-state index is 0.0606. The first-order valence-corrected chi connectivity index (χ1v) is 7.49. The van der Waals surface area contributed by atoms with Gasteiger partial charge >= 0.3 is 0 Å². The lowest BCUT2D eigenvalue weighted by atomic mass is 10.1. The molecule has 1 heterocycles. The van der Waals surface area contributed by atoms with Crippen molar-refractivity contribution < 1.29 is 9.18 Å². The summed E-state index contributed by atoms with van der Waals surface area (Å²) in [5, 5.41) is 3.18. The van der Waals surface area contributed by atoms with Crippen LogP contribution in [0.2, 0.25) is 0 Å². The van der Waals surface area contributed by atoms with Crippen molar-refractivity contribution in [3.8, 4) is 0 Å². The van der Waals surface area contributed by atoms with Crippen LogP contribution in [0.4, 0.5) is 4.39 Å². The van der Waals surface area contributed by atoms with E-state index in [4.69, 9.17) is 0 Å². The van der Waals surface area contributed by atoms with Crippen LogP contribution in [0.25, 0.3) is 0 Å². The van der Waals surface area contributed by atoms with E-state index in [2.05, 4.69) is 15.3 Å². The summed E-state index contributed by atoms with van der Waals surface area (Å²) < 4.78 is 12.8. The van der Waals surface area contributed by atoms with E-state index in [0.29, 0.717) is 18.1 Å². The predicted octanol–water partition coefficient (Wildman–Crippen LogP) is 2.46. The highest BCUT2D eigenvalue weighted by atomic mass is 32.2. The highest BCUT2D eigenvalue weighted by Crippen LogP contribution is 2.18. The molecule has 2 rings (SSSR count). The average molecular weight is 305 g/mol. The van der Waals surface area contributed by atoms with Gasteiger partial charge in [-0.2, -0.15) is 0 Å². The number of carbonyl (C=O) groups is 1. The molecule has 1 aromatic heterocycles. The molecule has 0 saturated heterocycles. The minimum atomic E-state index is -0.263. The van der Waals surface area contributed by atoms with Crippen molar-refractivity contribution in [3.05, 3.63) is 54.1 Å². The first kappa shape index (κ1) is 15.4. The number of hydrogen-bond donors (Lipinski definition) is 1. The van der Waals surface area contributed by atoms with E-state index in [0.717, 1.165) is 5.56 Å². The third-order valence-corrected chi connectivity index (χ3v) is 3.81. The van der Waals surface area contributed by atoms with Gasteiger partial charge in [0, 0.05) is 18.9 Å². The Kier molecular flexibility index (Phi) is 5.68. The van der Waals surface area contributed by atoms with E-state index < -0.39 is 0 Å². The normalized spacial score (nSPS) is 11.9. The van der Waals surface area contributed by atoms with E-state index >= 15 is 0 Å². The van der Waals surface area contributed by atoms with Crippen molar-refractivity contribution in [2.24, 2.45) is 0 Å². The predicted molar refractivity (Wildman–Crippen MR) is 80.5 cm³/mol. The average Bonchev–Trinajstić information content (AvgIpc) is 2.50. The van der Waals surface area contributed by atoms with Gasteiger partial charge in [0.15, 0.2) is 5.16 Å². The summed E-state index contributed by atoms with van der Waals surface area (Å²) in [6.45, 7) is 2.33. The van der Waals surface area contributed by atoms with Crippen LogP contribution in [0.1, 0.15) is 12.5 Å². The van der Waals surface area contributed by atoms with Crippen molar-refractivity contribution in [2.45, 2.75) is 23.8 Å². The molecule has 0 aliphatic carbocycles. The molecule has 1 atom stereocenters. The highest BCUT2D eigenvalue weighted by molar-refractivity contribution is 8.00. The summed E-state index contributed by atoms with van der Waals surface area (Å²) in [6, 6.07) is 8.01. The number of benzene rings is 1. The molecule has 0 saturated carbocycles. The molecule has 110 valence electrons. The number of nitrogens with one attached hydrogen (secondary N) is 1. The third kappa shape index (κ3) is 5.15. The maximum Gasteiger partial charge on any atom is 0.233 e. The van der Waals surface area contributed by atoms with Crippen LogP contribution >= 0.6 is 11.8 Å². The van der Waals surface area contributed by atoms with Gasteiger partial charge in [0.2, 0.25) is 5.91 Å². The molecule has 4 nitrogen and oxygen atoms in total. The molecule has 0 aliphatic heterocycles. The van der Waals surface area contributed by atoms with Crippen molar-refractivity contribution >= 4 is 17.7 Å². The summed E-state index contributed by atoms with van der Waals surface area (Å²) >= 11 is 1.32. The van der Waals surface area contributed by atoms with Gasteiger partial charge in [0.1, 0.15) is 5.82 Å². The number of hydrogen-bond acceptors (Lipinski definition) is 4. The molecule has 0 aliphatic rings. The van der Waals surface area contributed by atoms with Gasteiger partial charge < -0.3 is 5.32 Å². The summed E-state index contributed by atoms with van der Waals surface area (Å²) in [5.74, 6) is -0.315. The molecule has 21 heavy (non-hydrogen) atoms. The minimum Gasteiger partial charge on any atom is -0.355 e. The largest absolute Gasteiger partial charge is 0.355 e.